The van der Waals surface area contributed by atoms with E-state index >= 15 is 0 Å². The maximum Gasteiger partial charge on any atom is 0.322 e. The van der Waals surface area contributed by atoms with Gasteiger partial charge in [-0.3, -0.25) is 10.1 Å². The Morgan fingerprint density at radius 1 is 1.25 bits per heavy atom. The SMILES string of the molecule is CNCCCCC(NCOc1ccccc1)C(=O)OC. The molecule has 112 valence electrons. The molecule has 1 aromatic rings. The zero-order chi connectivity index (χ0) is 14.6. The fraction of sp³-hybridized carbons (Fsp3) is 0.533. The molecule has 1 atom stereocenters. The third-order valence-corrected chi connectivity index (χ3v) is 2.97. The maximum absolute atomic E-state index is 11.7. The lowest BCUT2D eigenvalue weighted by Crippen LogP contribution is -2.39. The number of esters is 1. The summed E-state index contributed by atoms with van der Waals surface area (Å²) in [6.07, 6.45) is 2.73. The molecule has 5 heteroatoms. The number of ether oxygens (including phenoxy) is 2. The van der Waals surface area contributed by atoms with Gasteiger partial charge in [0.2, 0.25) is 0 Å². The van der Waals surface area contributed by atoms with Gasteiger partial charge in [-0.05, 0) is 38.6 Å². The lowest BCUT2D eigenvalue weighted by atomic mass is 10.1. The van der Waals surface area contributed by atoms with Gasteiger partial charge in [0.1, 0.15) is 18.5 Å². The number of unbranched alkanes of at least 4 members (excludes halogenated alkanes) is 1. The number of rotatable bonds is 10. The number of methoxy groups -OCH3 is 1. The molecule has 5 nitrogen and oxygen atoms in total. The highest BCUT2D eigenvalue weighted by atomic mass is 16.5. The first kappa shape index (κ1) is 16.5. The van der Waals surface area contributed by atoms with Crippen LogP contribution in [0.3, 0.4) is 0 Å². The second-order valence-electron chi connectivity index (χ2n) is 4.48. The molecule has 0 fully saturated rings. The van der Waals surface area contributed by atoms with Crippen molar-refractivity contribution < 1.29 is 14.3 Å². The monoisotopic (exact) mass is 280 g/mol. The molecule has 0 saturated heterocycles. The van der Waals surface area contributed by atoms with Crippen LogP contribution in [0.4, 0.5) is 0 Å². The Bertz CT molecular complexity index is 371. The Hall–Kier alpha value is -1.59. The van der Waals surface area contributed by atoms with E-state index in [0.717, 1.165) is 31.6 Å². The zero-order valence-electron chi connectivity index (χ0n) is 12.2. The number of hydrogen-bond acceptors (Lipinski definition) is 5. The summed E-state index contributed by atoms with van der Waals surface area (Å²) < 4.78 is 10.3. The molecule has 0 aliphatic rings. The largest absolute Gasteiger partial charge is 0.478 e. The molecular formula is C15H24N2O3. The average molecular weight is 280 g/mol. The molecule has 1 aromatic carbocycles. The van der Waals surface area contributed by atoms with E-state index < -0.39 is 0 Å². The number of carbonyl (C=O) groups excluding carboxylic acids is 1. The summed E-state index contributed by atoms with van der Waals surface area (Å²) in [5.41, 5.74) is 0. The first-order valence-corrected chi connectivity index (χ1v) is 6.91. The lowest BCUT2D eigenvalue weighted by molar-refractivity contribution is -0.143. The van der Waals surface area contributed by atoms with E-state index in [0.29, 0.717) is 0 Å². The highest BCUT2D eigenvalue weighted by Crippen LogP contribution is 2.08. The quantitative estimate of drug-likeness (QED) is 0.387. The molecule has 1 unspecified atom stereocenters. The fourth-order valence-electron chi connectivity index (χ4n) is 1.84. The summed E-state index contributed by atoms with van der Waals surface area (Å²) in [5, 5.41) is 6.17. The van der Waals surface area contributed by atoms with Gasteiger partial charge in [-0.15, -0.1) is 0 Å². The Labute approximate surface area is 120 Å². The first-order chi connectivity index (χ1) is 9.77. The zero-order valence-corrected chi connectivity index (χ0v) is 12.2. The van der Waals surface area contributed by atoms with E-state index in [4.69, 9.17) is 9.47 Å². The van der Waals surface area contributed by atoms with E-state index in [2.05, 4.69) is 10.6 Å². The van der Waals surface area contributed by atoms with Crippen molar-refractivity contribution in [1.82, 2.24) is 10.6 Å². The normalized spacial score (nSPS) is 11.9. The van der Waals surface area contributed by atoms with Crippen molar-refractivity contribution >= 4 is 5.97 Å². The average Bonchev–Trinajstić information content (AvgIpc) is 2.50. The highest BCUT2D eigenvalue weighted by molar-refractivity contribution is 5.75. The molecule has 0 saturated carbocycles. The Morgan fingerprint density at radius 2 is 2.00 bits per heavy atom. The van der Waals surface area contributed by atoms with Crippen molar-refractivity contribution in [2.45, 2.75) is 25.3 Å². The Balaban J connectivity index is 2.31. The van der Waals surface area contributed by atoms with Crippen LogP contribution in [0.5, 0.6) is 5.75 Å². The molecule has 0 spiro atoms. The van der Waals surface area contributed by atoms with Crippen LogP contribution >= 0.6 is 0 Å². The van der Waals surface area contributed by atoms with Crippen molar-refractivity contribution in [3.63, 3.8) is 0 Å². The van der Waals surface area contributed by atoms with Crippen LogP contribution in [0, 0.1) is 0 Å². The molecule has 2 N–H and O–H groups in total. The van der Waals surface area contributed by atoms with Crippen LogP contribution in [0.1, 0.15) is 19.3 Å². The van der Waals surface area contributed by atoms with E-state index in [1.807, 2.05) is 37.4 Å². The second-order valence-corrected chi connectivity index (χ2v) is 4.48. The summed E-state index contributed by atoms with van der Waals surface area (Å²) in [5.74, 6) is 0.532. The predicted octanol–water partition coefficient (Wildman–Crippen LogP) is 1.54. The van der Waals surface area contributed by atoms with Crippen LogP contribution in [0.2, 0.25) is 0 Å². The fourth-order valence-corrected chi connectivity index (χ4v) is 1.84. The third-order valence-electron chi connectivity index (χ3n) is 2.97. The van der Waals surface area contributed by atoms with Gasteiger partial charge in [0, 0.05) is 0 Å². The summed E-state index contributed by atoms with van der Waals surface area (Å²) in [6.45, 7) is 1.24. The van der Waals surface area contributed by atoms with Crippen molar-refractivity contribution in [2.75, 3.05) is 27.4 Å². The van der Waals surface area contributed by atoms with Gasteiger partial charge >= 0.3 is 5.97 Å². The van der Waals surface area contributed by atoms with Gasteiger partial charge in [0.15, 0.2) is 0 Å². The van der Waals surface area contributed by atoms with Crippen molar-refractivity contribution in [2.24, 2.45) is 0 Å². The van der Waals surface area contributed by atoms with E-state index in [9.17, 15) is 4.79 Å². The van der Waals surface area contributed by atoms with Gasteiger partial charge in [-0.25, -0.2) is 0 Å². The number of para-hydroxylation sites is 1. The van der Waals surface area contributed by atoms with Gasteiger partial charge in [-0.1, -0.05) is 24.6 Å². The number of carbonyl (C=O) groups is 1. The van der Waals surface area contributed by atoms with E-state index in [1.54, 1.807) is 0 Å². The minimum atomic E-state index is -0.319. The van der Waals surface area contributed by atoms with Gasteiger partial charge in [-0.2, -0.15) is 0 Å². The summed E-state index contributed by atoms with van der Waals surface area (Å²) >= 11 is 0. The van der Waals surface area contributed by atoms with E-state index in [-0.39, 0.29) is 18.7 Å². The molecular weight excluding hydrogens is 256 g/mol. The first-order valence-electron chi connectivity index (χ1n) is 6.91. The molecule has 0 radical (unpaired) electrons. The molecule has 0 aliphatic carbocycles. The minimum absolute atomic E-state index is 0.244. The summed E-state index contributed by atoms with van der Waals surface area (Å²) in [7, 11) is 3.33. The summed E-state index contributed by atoms with van der Waals surface area (Å²) in [4.78, 5) is 11.7. The standard InChI is InChI=1S/C15H24N2O3/c1-16-11-7-6-10-14(15(18)19-2)17-12-20-13-8-4-3-5-9-13/h3-5,8-9,14,16-17H,6-7,10-12H2,1-2H3. The molecule has 1 rings (SSSR count). The van der Waals surface area contributed by atoms with Crippen LogP contribution in [-0.4, -0.2) is 39.4 Å². The van der Waals surface area contributed by atoms with Gasteiger partial charge < -0.3 is 14.8 Å². The minimum Gasteiger partial charge on any atom is -0.478 e. The Morgan fingerprint density at radius 3 is 2.65 bits per heavy atom. The molecule has 0 aromatic heterocycles. The molecule has 0 heterocycles. The molecule has 0 bridgehead atoms. The van der Waals surface area contributed by atoms with Crippen molar-refractivity contribution in [3.8, 4) is 5.75 Å². The number of nitrogens with one attached hydrogen (secondary N) is 2. The lowest BCUT2D eigenvalue weighted by Gasteiger charge is -2.16. The Kier molecular flexibility index (Phi) is 8.42. The summed E-state index contributed by atoms with van der Waals surface area (Å²) in [6, 6.07) is 9.18. The van der Waals surface area contributed by atoms with Crippen LogP contribution in [0.15, 0.2) is 30.3 Å². The third kappa shape index (κ3) is 6.54. The van der Waals surface area contributed by atoms with Gasteiger partial charge in [0.25, 0.3) is 0 Å². The smallest absolute Gasteiger partial charge is 0.322 e. The second kappa shape index (κ2) is 10.2. The van der Waals surface area contributed by atoms with Gasteiger partial charge in [0.05, 0.1) is 7.11 Å². The number of hydrogen-bond donors (Lipinski definition) is 2. The highest BCUT2D eigenvalue weighted by Gasteiger charge is 2.17. The van der Waals surface area contributed by atoms with E-state index in [1.165, 1.54) is 7.11 Å². The topological polar surface area (TPSA) is 59.6 Å². The van der Waals surface area contributed by atoms with Crippen LogP contribution in [-0.2, 0) is 9.53 Å². The van der Waals surface area contributed by atoms with Crippen LogP contribution in [0.25, 0.3) is 0 Å². The van der Waals surface area contributed by atoms with Crippen molar-refractivity contribution in [1.29, 1.82) is 0 Å². The van der Waals surface area contributed by atoms with Crippen molar-refractivity contribution in [3.05, 3.63) is 30.3 Å². The molecule has 0 amide bonds. The molecule has 20 heavy (non-hydrogen) atoms. The number of benzene rings is 1. The maximum atomic E-state index is 11.7. The molecule has 0 aliphatic heterocycles. The predicted molar refractivity (Wildman–Crippen MR) is 78.7 cm³/mol. The van der Waals surface area contributed by atoms with Crippen LogP contribution < -0.4 is 15.4 Å².